The lowest BCUT2D eigenvalue weighted by molar-refractivity contribution is 0.162. The van der Waals surface area contributed by atoms with Crippen molar-refractivity contribution in [2.45, 2.75) is 18.9 Å². The van der Waals surface area contributed by atoms with Crippen LogP contribution in [-0.2, 0) is 0 Å². The van der Waals surface area contributed by atoms with E-state index >= 15 is 0 Å². The van der Waals surface area contributed by atoms with Crippen LogP contribution in [0, 0.1) is 5.82 Å². The van der Waals surface area contributed by atoms with Crippen molar-refractivity contribution in [2.24, 2.45) is 0 Å². The molecule has 0 amide bonds. The Morgan fingerprint density at radius 2 is 2.20 bits per heavy atom. The van der Waals surface area contributed by atoms with E-state index in [4.69, 9.17) is 4.74 Å². The summed E-state index contributed by atoms with van der Waals surface area (Å²) in [5.74, 6) is 0.0869. The summed E-state index contributed by atoms with van der Waals surface area (Å²) in [6.07, 6.45) is 3.66. The Morgan fingerprint density at radius 3 is 2.85 bits per heavy atom. The Labute approximate surface area is 120 Å². The molecule has 1 aromatic rings. The highest BCUT2D eigenvalue weighted by molar-refractivity contribution is 5.33. The third-order valence-corrected chi connectivity index (χ3v) is 3.81. The molecule has 0 spiro atoms. The first-order valence-electron chi connectivity index (χ1n) is 7.16. The number of hydrogen-bond donors (Lipinski definition) is 1. The number of nitrogens with one attached hydrogen (secondary N) is 1. The van der Waals surface area contributed by atoms with E-state index < -0.39 is 0 Å². The van der Waals surface area contributed by atoms with Gasteiger partial charge in [-0.15, -0.1) is 6.58 Å². The van der Waals surface area contributed by atoms with Crippen molar-refractivity contribution >= 4 is 0 Å². The summed E-state index contributed by atoms with van der Waals surface area (Å²) >= 11 is 0. The molecule has 1 heterocycles. The highest BCUT2D eigenvalue weighted by Gasteiger charge is 2.25. The summed E-state index contributed by atoms with van der Waals surface area (Å²) in [4.78, 5) is 2.35. The fraction of sp³-hybridized carbons (Fsp3) is 0.500. The first kappa shape index (κ1) is 15.0. The van der Waals surface area contributed by atoms with Gasteiger partial charge in [-0.2, -0.15) is 0 Å². The SMILES string of the molecule is C=CCC[C@@H](c1cccc(OC)c1F)N1CCNCC1. The number of allylic oxidation sites excluding steroid dienone is 1. The molecule has 1 N–H and O–H groups in total. The van der Waals surface area contributed by atoms with Gasteiger partial charge in [-0.05, 0) is 18.9 Å². The molecule has 4 heteroatoms. The van der Waals surface area contributed by atoms with Gasteiger partial charge in [0, 0.05) is 37.8 Å². The van der Waals surface area contributed by atoms with Gasteiger partial charge in [-0.25, -0.2) is 4.39 Å². The monoisotopic (exact) mass is 278 g/mol. The zero-order valence-electron chi connectivity index (χ0n) is 12.1. The Kier molecular flexibility index (Phi) is 5.56. The van der Waals surface area contributed by atoms with Crippen molar-refractivity contribution < 1.29 is 9.13 Å². The van der Waals surface area contributed by atoms with Crippen LogP contribution in [0.15, 0.2) is 30.9 Å². The van der Waals surface area contributed by atoms with Crippen molar-refractivity contribution in [1.29, 1.82) is 0 Å². The highest BCUT2D eigenvalue weighted by atomic mass is 19.1. The fourth-order valence-corrected chi connectivity index (χ4v) is 2.75. The molecule has 1 fully saturated rings. The number of piperazine rings is 1. The van der Waals surface area contributed by atoms with Gasteiger partial charge in [-0.1, -0.05) is 18.2 Å². The van der Waals surface area contributed by atoms with Crippen molar-refractivity contribution in [3.05, 3.63) is 42.2 Å². The summed E-state index contributed by atoms with van der Waals surface area (Å²) in [6, 6.07) is 5.49. The van der Waals surface area contributed by atoms with Crippen LogP contribution in [0.5, 0.6) is 5.75 Å². The average molecular weight is 278 g/mol. The third kappa shape index (κ3) is 3.38. The van der Waals surface area contributed by atoms with Crippen molar-refractivity contribution in [3.8, 4) is 5.75 Å². The van der Waals surface area contributed by atoms with Crippen molar-refractivity contribution in [1.82, 2.24) is 10.2 Å². The first-order chi connectivity index (χ1) is 9.77. The topological polar surface area (TPSA) is 24.5 Å². The molecule has 3 nitrogen and oxygen atoms in total. The molecule has 1 saturated heterocycles. The van der Waals surface area contributed by atoms with Gasteiger partial charge in [0.05, 0.1) is 7.11 Å². The number of methoxy groups -OCH3 is 1. The maximum atomic E-state index is 14.5. The fourth-order valence-electron chi connectivity index (χ4n) is 2.75. The minimum absolute atomic E-state index is 0.0881. The van der Waals surface area contributed by atoms with Crippen LogP contribution >= 0.6 is 0 Å². The van der Waals surface area contributed by atoms with Crippen LogP contribution in [-0.4, -0.2) is 38.2 Å². The van der Waals surface area contributed by atoms with E-state index in [-0.39, 0.29) is 11.9 Å². The molecule has 0 unspecified atom stereocenters. The summed E-state index contributed by atoms with van der Waals surface area (Å²) in [5.41, 5.74) is 0.730. The quantitative estimate of drug-likeness (QED) is 0.810. The minimum Gasteiger partial charge on any atom is -0.494 e. The second-order valence-corrected chi connectivity index (χ2v) is 5.03. The van der Waals surface area contributed by atoms with Crippen LogP contribution in [0.3, 0.4) is 0 Å². The molecule has 0 aliphatic carbocycles. The lowest BCUT2D eigenvalue weighted by Gasteiger charge is -2.35. The normalized spacial score (nSPS) is 17.7. The smallest absolute Gasteiger partial charge is 0.169 e. The third-order valence-electron chi connectivity index (χ3n) is 3.81. The molecule has 1 aliphatic heterocycles. The van der Waals surface area contributed by atoms with Crippen molar-refractivity contribution in [3.63, 3.8) is 0 Å². The molecule has 0 radical (unpaired) electrons. The van der Waals surface area contributed by atoms with Crippen LogP contribution in [0.25, 0.3) is 0 Å². The van der Waals surface area contributed by atoms with Gasteiger partial charge >= 0.3 is 0 Å². The predicted octanol–water partition coefficient (Wildman–Crippen LogP) is 2.75. The van der Waals surface area contributed by atoms with E-state index in [0.29, 0.717) is 5.75 Å². The van der Waals surface area contributed by atoms with E-state index in [1.54, 1.807) is 6.07 Å². The van der Waals surface area contributed by atoms with Crippen LogP contribution < -0.4 is 10.1 Å². The molecule has 1 atom stereocenters. The molecular formula is C16H23FN2O. The average Bonchev–Trinajstić information content (AvgIpc) is 2.50. The number of nitrogens with zero attached hydrogens (tertiary/aromatic N) is 1. The number of rotatable bonds is 6. The number of ether oxygens (including phenoxy) is 1. The Balaban J connectivity index is 2.27. The number of hydrogen-bond acceptors (Lipinski definition) is 3. The largest absolute Gasteiger partial charge is 0.494 e. The molecule has 110 valence electrons. The molecule has 0 aromatic heterocycles. The number of benzene rings is 1. The van der Waals surface area contributed by atoms with Gasteiger partial charge in [-0.3, -0.25) is 4.90 Å². The standard InChI is InChI=1S/C16H23FN2O/c1-3-4-7-14(19-11-9-18-10-12-19)13-6-5-8-15(20-2)16(13)17/h3,5-6,8,14,18H,1,4,7,9-12H2,2H3/t14-/m0/s1. The molecule has 1 aliphatic rings. The molecule has 0 bridgehead atoms. The second-order valence-electron chi connectivity index (χ2n) is 5.03. The summed E-state index contributed by atoms with van der Waals surface area (Å²) < 4.78 is 19.6. The Bertz CT molecular complexity index is 444. The van der Waals surface area contributed by atoms with Crippen LogP contribution in [0.2, 0.25) is 0 Å². The second kappa shape index (κ2) is 7.41. The maximum Gasteiger partial charge on any atom is 0.169 e. The summed E-state index contributed by atoms with van der Waals surface area (Å²) in [7, 11) is 1.51. The Hall–Kier alpha value is -1.39. The van der Waals surface area contributed by atoms with Gasteiger partial charge in [0.15, 0.2) is 11.6 Å². The van der Waals surface area contributed by atoms with Crippen LogP contribution in [0.1, 0.15) is 24.4 Å². The molecule has 1 aromatic carbocycles. The van der Waals surface area contributed by atoms with Gasteiger partial charge in [0.2, 0.25) is 0 Å². The highest BCUT2D eigenvalue weighted by Crippen LogP contribution is 2.32. The van der Waals surface area contributed by atoms with Gasteiger partial charge in [0.1, 0.15) is 0 Å². The van der Waals surface area contributed by atoms with Crippen LogP contribution in [0.4, 0.5) is 4.39 Å². The van der Waals surface area contributed by atoms with Gasteiger partial charge in [0.25, 0.3) is 0 Å². The van der Waals surface area contributed by atoms with E-state index in [9.17, 15) is 4.39 Å². The predicted molar refractivity (Wildman–Crippen MR) is 79.6 cm³/mol. The lowest BCUT2D eigenvalue weighted by atomic mass is 9.98. The molecule has 2 rings (SSSR count). The lowest BCUT2D eigenvalue weighted by Crippen LogP contribution is -2.45. The molecular weight excluding hydrogens is 255 g/mol. The van der Waals surface area contributed by atoms with Gasteiger partial charge < -0.3 is 10.1 Å². The first-order valence-corrected chi connectivity index (χ1v) is 7.16. The minimum atomic E-state index is -0.234. The van der Waals surface area contributed by atoms with E-state index in [1.807, 2.05) is 18.2 Å². The zero-order valence-corrected chi connectivity index (χ0v) is 12.1. The zero-order chi connectivity index (χ0) is 14.4. The summed E-state index contributed by atoms with van der Waals surface area (Å²) in [5, 5.41) is 3.33. The van der Waals surface area contributed by atoms with E-state index in [2.05, 4.69) is 16.8 Å². The van der Waals surface area contributed by atoms with Crippen molar-refractivity contribution in [2.75, 3.05) is 33.3 Å². The van der Waals surface area contributed by atoms with E-state index in [0.717, 1.165) is 44.6 Å². The van der Waals surface area contributed by atoms with E-state index in [1.165, 1.54) is 7.11 Å². The number of halogens is 1. The molecule has 0 saturated carbocycles. The maximum absolute atomic E-state index is 14.5. The Morgan fingerprint density at radius 1 is 1.45 bits per heavy atom. The molecule has 20 heavy (non-hydrogen) atoms. The summed E-state index contributed by atoms with van der Waals surface area (Å²) in [6.45, 7) is 7.57.